The third-order valence-electron chi connectivity index (χ3n) is 2.39. The maximum atomic E-state index is 13.3. The number of nitrogens with one attached hydrogen (secondary N) is 3. The van der Waals surface area contributed by atoms with Gasteiger partial charge in [0.15, 0.2) is 0 Å². The molecule has 0 radical (unpaired) electrons. The molecule has 1 aromatic carbocycles. The van der Waals surface area contributed by atoms with Crippen molar-refractivity contribution in [2.24, 2.45) is 0 Å². The molecule has 108 valence electrons. The maximum absolute atomic E-state index is 13.3. The Morgan fingerprint density at radius 2 is 2.00 bits per heavy atom. The smallest absolute Gasteiger partial charge is 0.340 e. The van der Waals surface area contributed by atoms with Crippen LogP contribution in [0.25, 0.3) is 0 Å². The van der Waals surface area contributed by atoms with Crippen LogP contribution in [0.2, 0.25) is 0 Å². The molecule has 0 heterocycles. The van der Waals surface area contributed by atoms with Gasteiger partial charge < -0.3 is 21.1 Å². The van der Waals surface area contributed by atoms with E-state index in [1.165, 1.54) is 19.2 Å². The van der Waals surface area contributed by atoms with Gasteiger partial charge in [-0.3, -0.25) is 4.79 Å². The number of carboxylic acids is 1. The van der Waals surface area contributed by atoms with E-state index in [4.69, 9.17) is 5.11 Å². The van der Waals surface area contributed by atoms with Gasteiger partial charge in [-0.1, -0.05) is 6.07 Å². The first-order chi connectivity index (χ1) is 9.45. The summed E-state index contributed by atoms with van der Waals surface area (Å²) in [6.07, 6.45) is 0.0822. The highest BCUT2D eigenvalue weighted by atomic mass is 19.1. The molecule has 0 bridgehead atoms. The van der Waals surface area contributed by atoms with E-state index in [0.29, 0.717) is 0 Å². The molecule has 8 heteroatoms. The highest BCUT2D eigenvalue weighted by molar-refractivity contribution is 6.00. The van der Waals surface area contributed by atoms with Crippen molar-refractivity contribution in [2.75, 3.05) is 18.9 Å². The summed E-state index contributed by atoms with van der Waals surface area (Å²) < 4.78 is 13.3. The minimum absolute atomic E-state index is 0.0726. The Bertz CT molecular complexity index is 533. The van der Waals surface area contributed by atoms with Crippen molar-refractivity contribution in [2.45, 2.75) is 6.42 Å². The largest absolute Gasteiger partial charge is 0.478 e. The summed E-state index contributed by atoms with van der Waals surface area (Å²) in [4.78, 5) is 33.3. The van der Waals surface area contributed by atoms with Crippen molar-refractivity contribution in [3.63, 3.8) is 0 Å². The van der Waals surface area contributed by atoms with Gasteiger partial charge in [0.2, 0.25) is 5.91 Å². The first-order valence-corrected chi connectivity index (χ1v) is 5.73. The van der Waals surface area contributed by atoms with E-state index >= 15 is 0 Å². The molecular weight excluding hydrogens is 269 g/mol. The van der Waals surface area contributed by atoms with Crippen molar-refractivity contribution >= 4 is 23.6 Å². The Morgan fingerprint density at radius 3 is 2.60 bits per heavy atom. The molecule has 0 atom stereocenters. The van der Waals surface area contributed by atoms with Gasteiger partial charge in [0.25, 0.3) is 0 Å². The Kier molecular flexibility index (Phi) is 5.45. The van der Waals surface area contributed by atoms with Gasteiger partial charge in [0, 0.05) is 20.0 Å². The molecule has 7 nitrogen and oxygen atoms in total. The molecule has 0 saturated carbocycles. The van der Waals surface area contributed by atoms with E-state index in [1.54, 1.807) is 0 Å². The van der Waals surface area contributed by atoms with Crippen molar-refractivity contribution in [3.05, 3.63) is 29.6 Å². The Hall–Kier alpha value is -2.64. The molecule has 0 fully saturated rings. The lowest BCUT2D eigenvalue weighted by Gasteiger charge is -2.10. The molecule has 0 aliphatic rings. The van der Waals surface area contributed by atoms with Crippen LogP contribution in [-0.2, 0) is 4.79 Å². The first-order valence-electron chi connectivity index (χ1n) is 5.73. The van der Waals surface area contributed by atoms with Gasteiger partial charge in [0.05, 0.1) is 5.69 Å². The van der Waals surface area contributed by atoms with Crippen molar-refractivity contribution in [3.8, 4) is 0 Å². The van der Waals surface area contributed by atoms with E-state index < -0.39 is 23.4 Å². The number of carbonyl (C=O) groups is 3. The van der Waals surface area contributed by atoms with Gasteiger partial charge in [-0.25, -0.2) is 14.0 Å². The maximum Gasteiger partial charge on any atom is 0.340 e. The second-order valence-corrected chi connectivity index (χ2v) is 3.77. The summed E-state index contributed by atoms with van der Waals surface area (Å²) in [5.74, 6) is -2.67. The topological polar surface area (TPSA) is 108 Å². The van der Waals surface area contributed by atoms with E-state index in [0.717, 1.165) is 6.07 Å². The summed E-state index contributed by atoms with van der Waals surface area (Å²) in [7, 11) is 1.47. The quantitative estimate of drug-likeness (QED) is 0.640. The van der Waals surface area contributed by atoms with Crippen LogP contribution in [-0.4, -0.2) is 36.6 Å². The number of carboxylic acid groups (broad SMARTS) is 1. The number of carbonyl (C=O) groups excluding carboxylic acids is 2. The normalized spacial score (nSPS) is 9.70. The first kappa shape index (κ1) is 15.4. The number of aromatic carboxylic acids is 1. The molecule has 0 spiro atoms. The van der Waals surface area contributed by atoms with Gasteiger partial charge in [-0.2, -0.15) is 0 Å². The highest BCUT2D eigenvalue weighted by Gasteiger charge is 2.17. The average Bonchev–Trinajstić information content (AvgIpc) is 2.38. The van der Waals surface area contributed by atoms with E-state index in [1.807, 2.05) is 0 Å². The molecule has 20 heavy (non-hydrogen) atoms. The molecule has 4 N–H and O–H groups in total. The average molecular weight is 283 g/mol. The molecule has 1 rings (SSSR count). The zero-order valence-electron chi connectivity index (χ0n) is 10.7. The monoisotopic (exact) mass is 283 g/mol. The minimum Gasteiger partial charge on any atom is -0.478 e. The minimum atomic E-state index is -1.48. The summed E-state index contributed by atoms with van der Waals surface area (Å²) in [6, 6.07) is 2.81. The van der Waals surface area contributed by atoms with Crippen LogP contribution in [0, 0.1) is 5.82 Å². The Labute approximate surface area is 114 Å². The number of halogens is 1. The van der Waals surface area contributed by atoms with Crippen LogP contribution >= 0.6 is 0 Å². The molecule has 0 aliphatic heterocycles. The Morgan fingerprint density at radius 1 is 1.30 bits per heavy atom. The molecule has 0 unspecified atom stereocenters. The standard InChI is InChI=1S/C12H14FN3O4/c1-14-9(17)5-6-15-12(20)16-8-4-2-3-7(13)10(8)11(18)19/h2-4H,5-6H2,1H3,(H,14,17)(H,18,19)(H2,15,16,20). The lowest BCUT2D eigenvalue weighted by atomic mass is 10.1. The van der Waals surface area contributed by atoms with Crippen molar-refractivity contribution in [1.82, 2.24) is 10.6 Å². The van der Waals surface area contributed by atoms with Crippen LogP contribution < -0.4 is 16.0 Å². The van der Waals surface area contributed by atoms with Crippen LogP contribution in [0.4, 0.5) is 14.9 Å². The summed E-state index contributed by atoms with van der Waals surface area (Å²) in [5.41, 5.74) is -0.774. The second-order valence-electron chi connectivity index (χ2n) is 3.77. The van der Waals surface area contributed by atoms with Crippen molar-refractivity contribution < 1.29 is 23.9 Å². The fourth-order valence-corrected chi connectivity index (χ4v) is 1.43. The predicted molar refractivity (Wildman–Crippen MR) is 69.1 cm³/mol. The number of hydrogen-bond acceptors (Lipinski definition) is 3. The van der Waals surface area contributed by atoms with E-state index in [9.17, 15) is 18.8 Å². The molecule has 3 amide bonds. The molecule has 0 aromatic heterocycles. The summed E-state index contributed by atoms with van der Waals surface area (Å²) in [5, 5.41) is 15.8. The van der Waals surface area contributed by atoms with Gasteiger partial charge in [-0.05, 0) is 12.1 Å². The summed E-state index contributed by atoms with van der Waals surface area (Å²) >= 11 is 0. The number of hydrogen-bond donors (Lipinski definition) is 4. The molecule has 0 aliphatic carbocycles. The number of amides is 3. The number of rotatable bonds is 5. The second kappa shape index (κ2) is 7.07. The predicted octanol–water partition coefficient (Wildman–Crippen LogP) is 0.781. The van der Waals surface area contributed by atoms with Crippen LogP contribution in [0.3, 0.4) is 0 Å². The fraction of sp³-hybridized carbons (Fsp3) is 0.250. The highest BCUT2D eigenvalue weighted by Crippen LogP contribution is 2.18. The van der Waals surface area contributed by atoms with Crippen LogP contribution in [0.15, 0.2) is 18.2 Å². The van der Waals surface area contributed by atoms with Gasteiger partial charge in [-0.15, -0.1) is 0 Å². The lowest BCUT2D eigenvalue weighted by molar-refractivity contribution is -0.120. The Balaban J connectivity index is 2.65. The zero-order valence-corrected chi connectivity index (χ0v) is 10.7. The van der Waals surface area contributed by atoms with Gasteiger partial charge >= 0.3 is 12.0 Å². The molecule has 0 saturated heterocycles. The van der Waals surface area contributed by atoms with E-state index in [2.05, 4.69) is 16.0 Å². The third kappa shape index (κ3) is 4.23. The number of benzene rings is 1. The van der Waals surface area contributed by atoms with Crippen LogP contribution in [0.5, 0.6) is 0 Å². The SMILES string of the molecule is CNC(=O)CCNC(=O)Nc1cccc(F)c1C(=O)O. The third-order valence-corrected chi connectivity index (χ3v) is 2.39. The van der Waals surface area contributed by atoms with E-state index in [-0.39, 0.29) is 24.6 Å². The fourth-order valence-electron chi connectivity index (χ4n) is 1.43. The van der Waals surface area contributed by atoms with Gasteiger partial charge in [0.1, 0.15) is 11.4 Å². The lowest BCUT2D eigenvalue weighted by Crippen LogP contribution is -2.33. The van der Waals surface area contributed by atoms with Crippen LogP contribution in [0.1, 0.15) is 16.8 Å². The number of anilines is 1. The molecular formula is C12H14FN3O4. The number of urea groups is 1. The summed E-state index contributed by atoms with van der Waals surface area (Å²) in [6.45, 7) is 0.0726. The molecule has 1 aromatic rings. The zero-order chi connectivity index (χ0) is 15.1. The van der Waals surface area contributed by atoms with Crippen molar-refractivity contribution in [1.29, 1.82) is 0 Å².